The Kier molecular flexibility index (Phi) is 9.53. The molecule has 0 radical (unpaired) electrons. The van der Waals surface area contributed by atoms with E-state index in [9.17, 15) is 19.5 Å². The minimum atomic E-state index is -3.54. The lowest BCUT2D eigenvalue weighted by atomic mass is 9.82. The molecule has 9 nitrogen and oxygen atoms in total. The first-order chi connectivity index (χ1) is 25.0. The lowest BCUT2D eigenvalue weighted by Gasteiger charge is -2.37. The number of nitrogens with zero attached hydrogens (tertiary/aromatic N) is 3. The van der Waals surface area contributed by atoms with Gasteiger partial charge in [0.05, 0.1) is 44.5 Å². The second kappa shape index (κ2) is 13.9. The minimum Gasteiger partial charge on any atom is -0.497 e. The van der Waals surface area contributed by atoms with Gasteiger partial charge in [0.1, 0.15) is 5.75 Å². The summed E-state index contributed by atoms with van der Waals surface area (Å²) in [5, 5.41) is 10.3. The standard InChI is InChI=1S/C41H44FN3O6Si/c1-27-39(52(3,4)42)37(22-38(48)43-24-30-11-9-8-10-29(30)20-33(43)25-46)51-41(27)35-21-34(50-2)18-19-36(35)44(40(41)49)23-28-14-16-32(17-15-28)45(26-47)31-12-6-5-7-13-31/h5-19,21,26-27,33,37,39,46H,20,22-25H2,1-4H3/t27-,33+,37+,39-,41+/m1/s1. The van der Waals surface area contributed by atoms with Crippen LogP contribution in [-0.2, 0) is 44.2 Å². The van der Waals surface area contributed by atoms with Crippen molar-refractivity contribution in [3.05, 3.63) is 119 Å². The molecular weight excluding hydrogens is 678 g/mol. The van der Waals surface area contributed by atoms with E-state index in [2.05, 4.69) is 0 Å². The lowest BCUT2D eigenvalue weighted by molar-refractivity contribution is -0.151. The topological polar surface area (TPSA) is 99.6 Å². The monoisotopic (exact) mass is 721 g/mol. The Morgan fingerprint density at radius 3 is 2.35 bits per heavy atom. The van der Waals surface area contributed by atoms with E-state index in [4.69, 9.17) is 9.47 Å². The molecule has 270 valence electrons. The summed E-state index contributed by atoms with van der Waals surface area (Å²) in [5.41, 5.74) is 3.37. The third-order valence-electron chi connectivity index (χ3n) is 11.1. The molecule has 3 amide bonds. The van der Waals surface area contributed by atoms with E-state index >= 15 is 4.11 Å². The van der Waals surface area contributed by atoms with Crippen molar-refractivity contribution in [3.8, 4) is 5.75 Å². The quantitative estimate of drug-likeness (QED) is 0.112. The summed E-state index contributed by atoms with van der Waals surface area (Å²) in [4.78, 5) is 46.0. The number of aliphatic hydroxyl groups excluding tert-OH is 1. The van der Waals surface area contributed by atoms with Crippen LogP contribution < -0.4 is 14.5 Å². The third kappa shape index (κ3) is 6.10. The first-order valence-electron chi connectivity index (χ1n) is 17.7. The van der Waals surface area contributed by atoms with Gasteiger partial charge in [-0.25, -0.2) is 0 Å². The Bertz CT molecular complexity index is 1970. The Hall–Kier alpha value is -4.84. The van der Waals surface area contributed by atoms with E-state index < -0.39 is 37.6 Å². The molecule has 52 heavy (non-hydrogen) atoms. The number of hydrogen-bond donors (Lipinski definition) is 1. The van der Waals surface area contributed by atoms with Crippen LogP contribution in [-0.4, -0.2) is 62.5 Å². The Morgan fingerprint density at radius 2 is 1.69 bits per heavy atom. The van der Waals surface area contributed by atoms with Crippen molar-refractivity contribution in [1.82, 2.24) is 4.90 Å². The number of rotatable bonds is 10. The average molecular weight is 722 g/mol. The molecule has 0 saturated carbocycles. The van der Waals surface area contributed by atoms with Gasteiger partial charge in [0.15, 0.2) is 5.60 Å². The number of fused-ring (bicyclic) bond motifs is 3. The second-order valence-electron chi connectivity index (χ2n) is 14.6. The summed E-state index contributed by atoms with van der Waals surface area (Å²) in [6.45, 7) is 5.46. The molecule has 1 fully saturated rings. The molecule has 7 rings (SSSR count). The summed E-state index contributed by atoms with van der Waals surface area (Å²) >= 11 is 0. The zero-order valence-electron chi connectivity index (χ0n) is 29.9. The van der Waals surface area contributed by atoms with Gasteiger partial charge in [-0.1, -0.05) is 61.5 Å². The van der Waals surface area contributed by atoms with Crippen LogP contribution in [0, 0.1) is 5.92 Å². The number of methoxy groups -OCH3 is 1. The minimum absolute atomic E-state index is 0.113. The molecule has 3 aliphatic rings. The largest absolute Gasteiger partial charge is 0.497 e. The number of carbonyl (C=O) groups is 3. The number of anilines is 3. The molecule has 0 aliphatic carbocycles. The van der Waals surface area contributed by atoms with Gasteiger partial charge < -0.3 is 28.5 Å². The maximum atomic E-state index is 16.5. The van der Waals surface area contributed by atoms with E-state index in [-0.39, 0.29) is 31.4 Å². The highest BCUT2D eigenvalue weighted by molar-refractivity contribution is 6.72. The molecule has 3 aliphatic heterocycles. The number of hydrogen-bond acceptors (Lipinski definition) is 6. The van der Waals surface area contributed by atoms with E-state index in [1.165, 1.54) is 0 Å². The van der Waals surface area contributed by atoms with Gasteiger partial charge in [-0.05, 0) is 78.7 Å². The van der Waals surface area contributed by atoms with E-state index in [0.717, 1.165) is 28.8 Å². The number of benzene rings is 4. The first kappa shape index (κ1) is 35.6. The fourth-order valence-corrected chi connectivity index (χ4v) is 11.1. The van der Waals surface area contributed by atoms with Crippen LogP contribution in [0.4, 0.5) is 21.2 Å². The molecular formula is C41H44FN3O6Si. The maximum Gasteiger partial charge on any atom is 0.264 e. The van der Waals surface area contributed by atoms with Crippen LogP contribution in [0.3, 0.4) is 0 Å². The molecule has 0 bridgehead atoms. The summed E-state index contributed by atoms with van der Waals surface area (Å²) in [5.74, 6) is -0.609. The fraction of sp³-hybridized carbons (Fsp3) is 0.341. The van der Waals surface area contributed by atoms with Crippen molar-refractivity contribution < 1.29 is 33.1 Å². The molecule has 1 N–H and O–H groups in total. The van der Waals surface area contributed by atoms with E-state index in [1.54, 1.807) is 47.0 Å². The number of para-hydroxylation sites is 1. The van der Waals surface area contributed by atoms with Crippen LogP contribution in [0.1, 0.15) is 35.6 Å². The summed E-state index contributed by atoms with van der Waals surface area (Å²) in [6, 6.07) is 29.6. The van der Waals surface area contributed by atoms with Gasteiger partial charge in [-0.2, -0.15) is 0 Å². The van der Waals surface area contributed by atoms with Crippen molar-refractivity contribution in [2.45, 2.75) is 69.2 Å². The van der Waals surface area contributed by atoms with Crippen LogP contribution in [0.5, 0.6) is 5.75 Å². The molecule has 1 spiro atoms. The number of amides is 3. The molecule has 4 aromatic carbocycles. The van der Waals surface area contributed by atoms with Gasteiger partial charge in [0, 0.05) is 34.9 Å². The smallest absolute Gasteiger partial charge is 0.264 e. The Labute approximate surface area is 304 Å². The lowest BCUT2D eigenvalue weighted by Crippen LogP contribution is -2.48. The summed E-state index contributed by atoms with van der Waals surface area (Å²) < 4.78 is 29.0. The highest BCUT2D eigenvalue weighted by atomic mass is 28.4. The Balaban J connectivity index is 1.20. The van der Waals surface area contributed by atoms with Crippen molar-refractivity contribution in [3.63, 3.8) is 0 Å². The normalized spacial score (nSPS) is 23.8. The summed E-state index contributed by atoms with van der Waals surface area (Å²) in [6.07, 6.45) is 0.318. The third-order valence-corrected chi connectivity index (χ3v) is 13.6. The zero-order valence-corrected chi connectivity index (χ0v) is 30.9. The van der Waals surface area contributed by atoms with E-state index in [1.807, 2.05) is 91.9 Å². The Morgan fingerprint density at radius 1 is 1.02 bits per heavy atom. The first-order valence-corrected chi connectivity index (χ1v) is 20.7. The fourth-order valence-electron chi connectivity index (χ4n) is 8.65. The molecule has 0 unspecified atom stereocenters. The number of halogens is 1. The molecule has 3 heterocycles. The maximum absolute atomic E-state index is 16.5. The van der Waals surface area contributed by atoms with Gasteiger partial charge in [0.2, 0.25) is 20.7 Å². The predicted molar refractivity (Wildman–Crippen MR) is 200 cm³/mol. The number of carbonyl (C=O) groups excluding carboxylic acids is 3. The number of aliphatic hydroxyl groups is 1. The van der Waals surface area contributed by atoms with Crippen molar-refractivity contribution in [2.75, 3.05) is 23.5 Å². The van der Waals surface area contributed by atoms with Crippen molar-refractivity contribution in [2.24, 2.45) is 5.92 Å². The molecule has 4 aromatic rings. The predicted octanol–water partition coefficient (Wildman–Crippen LogP) is 6.65. The molecule has 11 heteroatoms. The van der Waals surface area contributed by atoms with Crippen LogP contribution >= 0.6 is 0 Å². The summed E-state index contributed by atoms with van der Waals surface area (Å²) in [7, 11) is -1.99. The van der Waals surface area contributed by atoms with Crippen LogP contribution in [0.25, 0.3) is 0 Å². The highest BCUT2D eigenvalue weighted by Gasteiger charge is 2.67. The van der Waals surface area contributed by atoms with Crippen LogP contribution in [0.2, 0.25) is 18.6 Å². The van der Waals surface area contributed by atoms with Gasteiger partial charge in [0.25, 0.3) is 5.91 Å². The van der Waals surface area contributed by atoms with Crippen molar-refractivity contribution >= 4 is 43.7 Å². The van der Waals surface area contributed by atoms with Gasteiger partial charge >= 0.3 is 0 Å². The molecule has 1 saturated heterocycles. The van der Waals surface area contributed by atoms with Crippen molar-refractivity contribution in [1.29, 1.82) is 0 Å². The zero-order chi connectivity index (χ0) is 36.8. The SMILES string of the molecule is COc1ccc2c(c1)[C@]1(O[C@@H](CC(=O)N3Cc4ccccc4C[C@H]3CO)[C@H]([Si](C)(C)F)[C@H]1C)C(=O)N2Cc1ccc(N(C=O)c2ccccc2)cc1. The molecule has 0 aromatic heterocycles. The highest BCUT2D eigenvalue weighted by Crippen LogP contribution is 2.61. The number of ether oxygens (including phenoxy) is 2. The average Bonchev–Trinajstić information content (AvgIpc) is 3.57. The van der Waals surface area contributed by atoms with E-state index in [0.29, 0.717) is 35.7 Å². The van der Waals surface area contributed by atoms with Gasteiger partial charge in [-0.3, -0.25) is 19.3 Å². The second-order valence-corrected chi connectivity index (χ2v) is 18.4. The van der Waals surface area contributed by atoms with Crippen LogP contribution in [0.15, 0.2) is 97.1 Å². The van der Waals surface area contributed by atoms with Gasteiger partial charge in [-0.15, -0.1) is 0 Å². The molecule has 5 atom stereocenters.